The average Bonchev–Trinajstić information content (AvgIpc) is 2.10. The SMILES string of the molecule is CC(C)CCOC1CC(C)CCC1N. The van der Waals surface area contributed by atoms with Crippen LogP contribution in [0.4, 0.5) is 0 Å². The van der Waals surface area contributed by atoms with E-state index in [1.165, 1.54) is 6.42 Å². The molecule has 3 unspecified atom stereocenters. The molecule has 0 aromatic rings. The van der Waals surface area contributed by atoms with E-state index in [9.17, 15) is 0 Å². The van der Waals surface area contributed by atoms with Crippen LogP contribution >= 0.6 is 0 Å². The first kappa shape index (κ1) is 12.0. The first-order valence-corrected chi connectivity index (χ1v) is 5.96. The molecule has 84 valence electrons. The quantitative estimate of drug-likeness (QED) is 0.755. The Kier molecular flexibility index (Phi) is 4.90. The van der Waals surface area contributed by atoms with Crippen molar-refractivity contribution in [1.29, 1.82) is 0 Å². The molecule has 0 aromatic carbocycles. The summed E-state index contributed by atoms with van der Waals surface area (Å²) in [7, 11) is 0. The summed E-state index contributed by atoms with van der Waals surface area (Å²) in [6.07, 6.45) is 5.02. The normalized spacial score (nSPS) is 33.6. The van der Waals surface area contributed by atoms with E-state index in [1.807, 2.05) is 0 Å². The van der Waals surface area contributed by atoms with Crippen molar-refractivity contribution < 1.29 is 4.74 Å². The predicted molar refractivity (Wildman–Crippen MR) is 60.2 cm³/mol. The van der Waals surface area contributed by atoms with Crippen LogP contribution in [0.2, 0.25) is 0 Å². The molecule has 1 aliphatic rings. The smallest absolute Gasteiger partial charge is 0.0728 e. The third-order valence-electron chi connectivity index (χ3n) is 3.13. The summed E-state index contributed by atoms with van der Waals surface area (Å²) in [5.74, 6) is 1.52. The van der Waals surface area contributed by atoms with E-state index in [0.29, 0.717) is 6.10 Å². The van der Waals surface area contributed by atoms with Crippen molar-refractivity contribution in [2.24, 2.45) is 17.6 Å². The minimum atomic E-state index is 0.276. The minimum Gasteiger partial charge on any atom is -0.377 e. The molecule has 0 aliphatic heterocycles. The molecule has 0 spiro atoms. The molecule has 1 rings (SSSR count). The number of hydrogen-bond donors (Lipinski definition) is 1. The van der Waals surface area contributed by atoms with Crippen molar-refractivity contribution in [2.75, 3.05) is 6.61 Å². The highest BCUT2D eigenvalue weighted by Gasteiger charge is 2.26. The highest BCUT2D eigenvalue weighted by atomic mass is 16.5. The molecule has 1 saturated carbocycles. The summed E-state index contributed by atoms with van der Waals surface area (Å²) < 4.78 is 5.85. The topological polar surface area (TPSA) is 35.2 Å². The van der Waals surface area contributed by atoms with Gasteiger partial charge in [-0.05, 0) is 37.5 Å². The van der Waals surface area contributed by atoms with Crippen LogP contribution in [-0.4, -0.2) is 18.8 Å². The van der Waals surface area contributed by atoms with Gasteiger partial charge in [0, 0.05) is 12.6 Å². The zero-order valence-electron chi connectivity index (χ0n) is 9.83. The van der Waals surface area contributed by atoms with E-state index >= 15 is 0 Å². The monoisotopic (exact) mass is 199 g/mol. The van der Waals surface area contributed by atoms with Gasteiger partial charge >= 0.3 is 0 Å². The van der Waals surface area contributed by atoms with Gasteiger partial charge in [-0.15, -0.1) is 0 Å². The molecule has 0 radical (unpaired) electrons. The van der Waals surface area contributed by atoms with E-state index < -0.39 is 0 Å². The van der Waals surface area contributed by atoms with Crippen LogP contribution in [0, 0.1) is 11.8 Å². The zero-order valence-corrected chi connectivity index (χ0v) is 9.83. The molecule has 2 nitrogen and oxygen atoms in total. The standard InChI is InChI=1S/C12H25NO/c1-9(2)6-7-14-12-8-10(3)4-5-11(12)13/h9-12H,4-8,13H2,1-3H3. The molecule has 1 fully saturated rings. The largest absolute Gasteiger partial charge is 0.377 e. The van der Waals surface area contributed by atoms with Crippen LogP contribution < -0.4 is 5.73 Å². The Hall–Kier alpha value is -0.0800. The second kappa shape index (κ2) is 5.72. The molecular formula is C12H25NO. The lowest BCUT2D eigenvalue weighted by atomic mass is 9.85. The van der Waals surface area contributed by atoms with Crippen LogP contribution in [0.3, 0.4) is 0 Å². The summed E-state index contributed by atoms with van der Waals surface area (Å²) in [4.78, 5) is 0. The fourth-order valence-electron chi connectivity index (χ4n) is 2.00. The van der Waals surface area contributed by atoms with Crippen LogP contribution in [-0.2, 0) is 4.74 Å². The van der Waals surface area contributed by atoms with E-state index in [1.54, 1.807) is 0 Å². The van der Waals surface area contributed by atoms with E-state index in [-0.39, 0.29) is 6.04 Å². The van der Waals surface area contributed by atoms with Crippen molar-refractivity contribution in [1.82, 2.24) is 0 Å². The van der Waals surface area contributed by atoms with Crippen molar-refractivity contribution >= 4 is 0 Å². The van der Waals surface area contributed by atoms with Gasteiger partial charge in [-0.1, -0.05) is 20.8 Å². The molecule has 0 bridgehead atoms. The van der Waals surface area contributed by atoms with Crippen LogP contribution in [0.1, 0.15) is 46.5 Å². The van der Waals surface area contributed by atoms with Gasteiger partial charge in [-0.2, -0.15) is 0 Å². The molecule has 2 heteroatoms. The molecule has 2 N–H and O–H groups in total. The van der Waals surface area contributed by atoms with Gasteiger partial charge < -0.3 is 10.5 Å². The number of nitrogens with two attached hydrogens (primary N) is 1. The van der Waals surface area contributed by atoms with E-state index in [0.717, 1.165) is 37.7 Å². The molecule has 0 aromatic heterocycles. The molecule has 0 amide bonds. The Morgan fingerprint density at radius 1 is 1.36 bits per heavy atom. The second-order valence-electron chi connectivity index (χ2n) is 5.17. The Labute approximate surface area is 88.2 Å². The average molecular weight is 199 g/mol. The summed E-state index contributed by atoms with van der Waals surface area (Å²) in [6.45, 7) is 7.63. The van der Waals surface area contributed by atoms with Gasteiger partial charge in [0.15, 0.2) is 0 Å². The molecular weight excluding hydrogens is 174 g/mol. The van der Waals surface area contributed by atoms with Gasteiger partial charge in [0.1, 0.15) is 0 Å². The van der Waals surface area contributed by atoms with Gasteiger partial charge in [-0.25, -0.2) is 0 Å². The Morgan fingerprint density at radius 3 is 2.71 bits per heavy atom. The lowest BCUT2D eigenvalue weighted by molar-refractivity contribution is -0.00212. The molecule has 1 aliphatic carbocycles. The molecule has 0 heterocycles. The molecule has 3 atom stereocenters. The maximum atomic E-state index is 6.03. The van der Waals surface area contributed by atoms with Crippen LogP contribution in [0.5, 0.6) is 0 Å². The predicted octanol–water partition coefficient (Wildman–Crippen LogP) is 2.57. The van der Waals surface area contributed by atoms with Gasteiger partial charge in [0.2, 0.25) is 0 Å². The number of ether oxygens (including phenoxy) is 1. The van der Waals surface area contributed by atoms with Gasteiger partial charge in [-0.3, -0.25) is 0 Å². The second-order valence-corrected chi connectivity index (χ2v) is 5.17. The fourth-order valence-corrected chi connectivity index (χ4v) is 2.00. The maximum absolute atomic E-state index is 6.03. The molecule has 0 saturated heterocycles. The van der Waals surface area contributed by atoms with E-state index in [4.69, 9.17) is 10.5 Å². The summed E-state index contributed by atoms with van der Waals surface area (Å²) >= 11 is 0. The third-order valence-corrected chi connectivity index (χ3v) is 3.13. The van der Waals surface area contributed by atoms with Crippen LogP contribution in [0.25, 0.3) is 0 Å². The van der Waals surface area contributed by atoms with Crippen molar-refractivity contribution in [3.05, 3.63) is 0 Å². The maximum Gasteiger partial charge on any atom is 0.0728 e. The van der Waals surface area contributed by atoms with Gasteiger partial charge in [0.05, 0.1) is 6.10 Å². The zero-order chi connectivity index (χ0) is 10.6. The lowest BCUT2D eigenvalue weighted by Crippen LogP contribution is -2.41. The Morgan fingerprint density at radius 2 is 2.07 bits per heavy atom. The van der Waals surface area contributed by atoms with Crippen molar-refractivity contribution in [3.63, 3.8) is 0 Å². The summed E-state index contributed by atoms with van der Waals surface area (Å²) in [5.41, 5.74) is 6.03. The molecule has 14 heavy (non-hydrogen) atoms. The Bertz CT molecular complexity index is 158. The first-order valence-electron chi connectivity index (χ1n) is 5.96. The lowest BCUT2D eigenvalue weighted by Gasteiger charge is -2.32. The third kappa shape index (κ3) is 3.97. The van der Waals surface area contributed by atoms with Crippen molar-refractivity contribution in [3.8, 4) is 0 Å². The number of rotatable bonds is 4. The summed E-state index contributed by atoms with van der Waals surface area (Å²) in [6, 6.07) is 0.276. The minimum absolute atomic E-state index is 0.276. The van der Waals surface area contributed by atoms with Gasteiger partial charge in [0.25, 0.3) is 0 Å². The number of hydrogen-bond acceptors (Lipinski definition) is 2. The van der Waals surface area contributed by atoms with Crippen LogP contribution in [0.15, 0.2) is 0 Å². The highest BCUT2D eigenvalue weighted by Crippen LogP contribution is 2.25. The first-order chi connectivity index (χ1) is 6.59. The highest BCUT2D eigenvalue weighted by molar-refractivity contribution is 4.81. The fraction of sp³-hybridized carbons (Fsp3) is 1.00. The Balaban J connectivity index is 2.20. The van der Waals surface area contributed by atoms with Crippen molar-refractivity contribution in [2.45, 2.75) is 58.6 Å². The summed E-state index contributed by atoms with van der Waals surface area (Å²) in [5, 5.41) is 0. The van der Waals surface area contributed by atoms with E-state index in [2.05, 4.69) is 20.8 Å².